The summed E-state index contributed by atoms with van der Waals surface area (Å²) in [4.78, 5) is 8.49. The van der Waals surface area contributed by atoms with Crippen molar-refractivity contribution in [2.24, 2.45) is 5.14 Å². The Labute approximate surface area is 194 Å². The van der Waals surface area contributed by atoms with Gasteiger partial charge < -0.3 is 25.0 Å². The number of benzene rings is 1. The lowest BCUT2D eigenvalue weighted by atomic mass is 10.2. The van der Waals surface area contributed by atoms with Gasteiger partial charge in [-0.05, 0) is 17.7 Å². The van der Waals surface area contributed by atoms with Gasteiger partial charge in [0.1, 0.15) is 24.3 Å². The average Bonchev–Trinajstić information content (AvgIpc) is 3.36. The first-order valence-corrected chi connectivity index (χ1v) is 11.8. The molecule has 34 heavy (non-hydrogen) atoms. The van der Waals surface area contributed by atoms with Crippen LogP contribution in [0.2, 0.25) is 0 Å². The van der Waals surface area contributed by atoms with E-state index in [1.807, 2.05) is 24.3 Å². The SMILES string of the molecule is COc1ccc(CNc2ncnc3c2nnn3[C@H]2C[C@@H](OCCOS(N)(=O)=O)[C@H](O)[C@@H]2O)cc1. The van der Waals surface area contributed by atoms with Crippen LogP contribution in [0.1, 0.15) is 18.0 Å². The van der Waals surface area contributed by atoms with Crippen molar-refractivity contribution >= 4 is 27.3 Å². The van der Waals surface area contributed by atoms with E-state index >= 15 is 0 Å². The molecule has 0 radical (unpaired) electrons. The van der Waals surface area contributed by atoms with E-state index in [9.17, 15) is 18.6 Å². The topological polar surface area (TPSA) is 197 Å². The molecule has 1 saturated carbocycles. The van der Waals surface area contributed by atoms with Crippen LogP contribution >= 0.6 is 0 Å². The summed E-state index contributed by atoms with van der Waals surface area (Å²) >= 11 is 0. The summed E-state index contributed by atoms with van der Waals surface area (Å²) in [6.07, 6.45) is -1.67. The number of hydrogen-bond acceptors (Lipinski definition) is 12. The van der Waals surface area contributed by atoms with Crippen molar-refractivity contribution in [1.82, 2.24) is 25.0 Å². The Bertz CT molecular complexity index is 1220. The number of aliphatic hydroxyl groups excluding tert-OH is 2. The Kier molecular flexibility index (Phi) is 7.20. The fraction of sp³-hybridized carbons (Fsp3) is 0.474. The number of ether oxygens (including phenoxy) is 2. The van der Waals surface area contributed by atoms with E-state index in [1.54, 1.807) is 7.11 Å². The van der Waals surface area contributed by atoms with E-state index in [0.29, 0.717) is 23.5 Å². The zero-order chi connectivity index (χ0) is 24.3. The molecule has 1 aliphatic rings. The van der Waals surface area contributed by atoms with Crippen LogP contribution in [0.4, 0.5) is 5.82 Å². The summed E-state index contributed by atoms with van der Waals surface area (Å²) in [5.41, 5.74) is 1.78. The summed E-state index contributed by atoms with van der Waals surface area (Å²) in [6.45, 7) is 0.0209. The first kappa shape index (κ1) is 24.2. The Hall–Kier alpha value is -2.95. The van der Waals surface area contributed by atoms with Gasteiger partial charge in [0.2, 0.25) is 0 Å². The number of hydrogen-bond donors (Lipinski definition) is 4. The zero-order valence-corrected chi connectivity index (χ0v) is 19.0. The lowest BCUT2D eigenvalue weighted by Gasteiger charge is -2.17. The largest absolute Gasteiger partial charge is 0.497 e. The number of aliphatic hydroxyl groups is 2. The van der Waals surface area contributed by atoms with Gasteiger partial charge in [-0.15, -0.1) is 5.10 Å². The number of methoxy groups -OCH3 is 1. The number of fused-ring (bicyclic) bond motifs is 1. The molecule has 2 aromatic heterocycles. The Balaban J connectivity index is 1.44. The van der Waals surface area contributed by atoms with Gasteiger partial charge in [0, 0.05) is 13.0 Å². The molecule has 1 aromatic carbocycles. The molecule has 0 saturated heterocycles. The van der Waals surface area contributed by atoms with Crippen molar-refractivity contribution in [3.05, 3.63) is 36.2 Å². The van der Waals surface area contributed by atoms with Crippen molar-refractivity contribution in [3.8, 4) is 5.75 Å². The third-order valence-electron chi connectivity index (χ3n) is 5.46. The molecule has 1 aliphatic carbocycles. The molecule has 0 bridgehead atoms. The monoisotopic (exact) mass is 495 g/mol. The number of nitrogens with two attached hydrogens (primary N) is 1. The van der Waals surface area contributed by atoms with Gasteiger partial charge in [-0.3, -0.25) is 4.18 Å². The molecule has 5 N–H and O–H groups in total. The highest BCUT2D eigenvalue weighted by Gasteiger charge is 2.44. The Morgan fingerprint density at radius 1 is 1.18 bits per heavy atom. The van der Waals surface area contributed by atoms with Gasteiger partial charge in [-0.2, -0.15) is 8.42 Å². The molecular formula is C19H25N7O7S. The van der Waals surface area contributed by atoms with Gasteiger partial charge in [-0.25, -0.2) is 19.8 Å². The van der Waals surface area contributed by atoms with Crippen LogP contribution in [-0.2, 0) is 25.8 Å². The molecule has 3 aromatic rings. The van der Waals surface area contributed by atoms with E-state index < -0.39 is 34.7 Å². The van der Waals surface area contributed by atoms with Crippen LogP contribution in [0.5, 0.6) is 5.75 Å². The third-order valence-corrected chi connectivity index (χ3v) is 5.95. The quantitative estimate of drug-likeness (QED) is 0.254. The first-order chi connectivity index (χ1) is 16.3. The van der Waals surface area contributed by atoms with Crippen molar-refractivity contribution in [2.45, 2.75) is 37.3 Å². The van der Waals surface area contributed by atoms with E-state index in [1.165, 1.54) is 11.0 Å². The molecule has 14 nitrogen and oxygen atoms in total. The fourth-order valence-corrected chi connectivity index (χ4v) is 4.07. The highest BCUT2D eigenvalue weighted by molar-refractivity contribution is 7.84. The van der Waals surface area contributed by atoms with Crippen LogP contribution in [0.3, 0.4) is 0 Å². The second kappa shape index (κ2) is 10.1. The minimum absolute atomic E-state index is 0.142. The molecule has 184 valence electrons. The molecule has 15 heteroatoms. The molecule has 0 unspecified atom stereocenters. The maximum atomic E-state index is 10.8. The number of aromatic nitrogens is 5. The van der Waals surface area contributed by atoms with Crippen LogP contribution in [-0.4, -0.2) is 82.2 Å². The number of nitrogens with one attached hydrogen (secondary N) is 1. The minimum Gasteiger partial charge on any atom is -0.497 e. The Morgan fingerprint density at radius 3 is 2.65 bits per heavy atom. The predicted octanol–water partition coefficient (Wildman–Crippen LogP) is -0.886. The molecular weight excluding hydrogens is 470 g/mol. The van der Waals surface area contributed by atoms with Gasteiger partial charge >= 0.3 is 10.3 Å². The molecule has 0 amide bonds. The first-order valence-electron chi connectivity index (χ1n) is 10.3. The van der Waals surface area contributed by atoms with E-state index in [-0.39, 0.29) is 19.6 Å². The van der Waals surface area contributed by atoms with E-state index in [4.69, 9.17) is 14.6 Å². The maximum Gasteiger partial charge on any atom is 0.333 e. The van der Waals surface area contributed by atoms with Crippen LogP contribution < -0.4 is 15.2 Å². The van der Waals surface area contributed by atoms with Gasteiger partial charge in [-0.1, -0.05) is 17.3 Å². The van der Waals surface area contributed by atoms with E-state index in [0.717, 1.165) is 11.3 Å². The van der Waals surface area contributed by atoms with Crippen LogP contribution in [0.15, 0.2) is 30.6 Å². The number of anilines is 1. The predicted molar refractivity (Wildman–Crippen MR) is 118 cm³/mol. The number of nitrogens with zero attached hydrogens (tertiary/aromatic N) is 5. The molecule has 4 rings (SSSR count). The molecule has 0 aliphatic heterocycles. The average molecular weight is 496 g/mol. The molecule has 4 atom stereocenters. The van der Waals surface area contributed by atoms with Crippen molar-refractivity contribution in [2.75, 3.05) is 25.6 Å². The molecule has 0 spiro atoms. The standard InChI is InChI=1S/C19H25N7O7S/c1-31-12-4-2-11(3-5-12)9-21-18-15-19(23-10-22-18)26(25-24-15)13-8-14(17(28)16(13)27)32-6-7-33-34(20,29)30/h2-5,10,13-14,16-17,27-28H,6-9H2,1H3,(H2,20,29,30)(H,21,22,23)/t13-,14+,16+,17-/m0/s1. The summed E-state index contributed by atoms with van der Waals surface area (Å²) in [6, 6.07) is 6.88. The van der Waals surface area contributed by atoms with Crippen LogP contribution in [0, 0.1) is 0 Å². The van der Waals surface area contributed by atoms with Crippen LogP contribution in [0.25, 0.3) is 11.2 Å². The fourth-order valence-electron chi connectivity index (χ4n) is 3.77. The smallest absolute Gasteiger partial charge is 0.333 e. The maximum absolute atomic E-state index is 10.8. The second-order valence-electron chi connectivity index (χ2n) is 7.64. The second-order valence-corrected chi connectivity index (χ2v) is 8.86. The minimum atomic E-state index is -4.08. The summed E-state index contributed by atoms with van der Waals surface area (Å²) < 4.78 is 38.1. The zero-order valence-electron chi connectivity index (χ0n) is 18.2. The van der Waals surface area contributed by atoms with Gasteiger partial charge in [0.15, 0.2) is 17.0 Å². The third kappa shape index (κ3) is 5.40. The van der Waals surface area contributed by atoms with Gasteiger partial charge in [0.25, 0.3) is 0 Å². The van der Waals surface area contributed by atoms with Crippen molar-refractivity contribution < 1.29 is 32.3 Å². The highest BCUT2D eigenvalue weighted by atomic mass is 32.2. The lowest BCUT2D eigenvalue weighted by Crippen LogP contribution is -2.33. The lowest BCUT2D eigenvalue weighted by molar-refractivity contribution is -0.0612. The summed E-state index contributed by atoms with van der Waals surface area (Å²) in [5.74, 6) is 1.22. The van der Waals surface area contributed by atoms with Crippen molar-refractivity contribution in [1.29, 1.82) is 0 Å². The highest BCUT2D eigenvalue weighted by Crippen LogP contribution is 2.34. The van der Waals surface area contributed by atoms with E-state index in [2.05, 4.69) is 29.8 Å². The van der Waals surface area contributed by atoms with Crippen molar-refractivity contribution in [3.63, 3.8) is 0 Å². The number of rotatable bonds is 10. The summed E-state index contributed by atoms with van der Waals surface area (Å²) in [5, 5.41) is 37.2. The molecule has 1 fully saturated rings. The Morgan fingerprint density at radius 2 is 1.94 bits per heavy atom. The van der Waals surface area contributed by atoms with Gasteiger partial charge in [0.05, 0.1) is 32.5 Å². The normalized spacial score (nSPS) is 22.8. The summed E-state index contributed by atoms with van der Waals surface area (Å²) in [7, 11) is -2.48. The molecule has 2 heterocycles.